The third-order valence-electron chi connectivity index (χ3n) is 4.66. The summed E-state index contributed by atoms with van der Waals surface area (Å²) in [6.07, 6.45) is 3.49. The molecular formula is C19H23N3O3. The van der Waals surface area contributed by atoms with Crippen molar-refractivity contribution >= 4 is 11.5 Å². The highest BCUT2D eigenvalue weighted by Gasteiger charge is 2.27. The van der Waals surface area contributed by atoms with E-state index in [4.69, 9.17) is 4.74 Å². The Hall–Kier alpha value is -2.47. The van der Waals surface area contributed by atoms with Gasteiger partial charge in [-0.1, -0.05) is 29.8 Å². The SMILES string of the molecule is Cc1ccc(C2OCCCC2CNc2ncc([N+](=O)[O-])cc2C)cc1. The predicted molar refractivity (Wildman–Crippen MR) is 96.7 cm³/mol. The summed E-state index contributed by atoms with van der Waals surface area (Å²) in [4.78, 5) is 14.6. The molecule has 1 saturated heterocycles. The number of nitrogens with one attached hydrogen (secondary N) is 1. The van der Waals surface area contributed by atoms with Gasteiger partial charge in [0.05, 0.1) is 11.0 Å². The largest absolute Gasteiger partial charge is 0.373 e. The van der Waals surface area contributed by atoms with Gasteiger partial charge in [0, 0.05) is 25.1 Å². The summed E-state index contributed by atoms with van der Waals surface area (Å²) in [5.41, 5.74) is 3.23. The van der Waals surface area contributed by atoms with Gasteiger partial charge in [-0.3, -0.25) is 10.1 Å². The number of nitrogens with zero attached hydrogens (tertiary/aromatic N) is 2. The second-order valence-electron chi connectivity index (χ2n) is 6.60. The Labute approximate surface area is 147 Å². The molecule has 6 heteroatoms. The van der Waals surface area contributed by atoms with Gasteiger partial charge < -0.3 is 10.1 Å². The molecular weight excluding hydrogens is 318 g/mol. The minimum absolute atomic E-state index is 0.0154. The summed E-state index contributed by atoms with van der Waals surface area (Å²) in [6.45, 7) is 5.42. The highest BCUT2D eigenvalue weighted by molar-refractivity contribution is 5.48. The topological polar surface area (TPSA) is 77.3 Å². The van der Waals surface area contributed by atoms with Crippen molar-refractivity contribution in [2.45, 2.75) is 32.8 Å². The lowest BCUT2D eigenvalue weighted by Gasteiger charge is -2.32. The Kier molecular flexibility index (Phi) is 5.28. The van der Waals surface area contributed by atoms with Crippen LogP contribution in [0.1, 0.15) is 35.6 Å². The first-order valence-corrected chi connectivity index (χ1v) is 8.57. The Bertz CT molecular complexity index is 746. The smallest absolute Gasteiger partial charge is 0.287 e. The van der Waals surface area contributed by atoms with Crippen molar-refractivity contribution in [1.29, 1.82) is 0 Å². The lowest BCUT2D eigenvalue weighted by atomic mass is 9.89. The minimum Gasteiger partial charge on any atom is -0.373 e. The Morgan fingerprint density at radius 1 is 1.32 bits per heavy atom. The van der Waals surface area contributed by atoms with E-state index in [2.05, 4.69) is 41.5 Å². The molecule has 25 heavy (non-hydrogen) atoms. The molecule has 1 fully saturated rings. The fourth-order valence-corrected chi connectivity index (χ4v) is 3.25. The normalized spacial score (nSPS) is 20.2. The van der Waals surface area contributed by atoms with Crippen LogP contribution < -0.4 is 5.32 Å². The summed E-state index contributed by atoms with van der Waals surface area (Å²) < 4.78 is 6.04. The summed E-state index contributed by atoms with van der Waals surface area (Å²) >= 11 is 0. The Morgan fingerprint density at radius 3 is 2.76 bits per heavy atom. The highest BCUT2D eigenvalue weighted by Crippen LogP contribution is 2.34. The van der Waals surface area contributed by atoms with Gasteiger partial charge in [0.25, 0.3) is 5.69 Å². The van der Waals surface area contributed by atoms with E-state index in [-0.39, 0.29) is 11.8 Å². The van der Waals surface area contributed by atoms with Crippen LogP contribution in [0, 0.1) is 29.9 Å². The molecule has 6 nitrogen and oxygen atoms in total. The minimum atomic E-state index is -0.424. The number of aryl methyl sites for hydroxylation is 2. The van der Waals surface area contributed by atoms with E-state index in [9.17, 15) is 10.1 Å². The van der Waals surface area contributed by atoms with Gasteiger partial charge in [0.2, 0.25) is 0 Å². The molecule has 1 aromatic carbocycles. The van der Waals surface area contributed by atoms with Crippen LogP contribution in [0.5, 0.6) is 0 Å². The number of pyridine rings is 1. The molecule has 0 saturated carbocycles. The standard InChI is InChI=1S/C19H23N3O3/c1-13-5-7-15(8-6-13)18-16(4-3-9-25-18)11-20-19-14(2)10-17(12-21-19)22(23)24/h5-8,10,12,16,18H,3-4,9,11H2,1-2H3,(H,20,21). The number of hydrogen-bond donors (Lipinski definition) is 1. The van der Waals surface area contributed by atoms with Crippen LogP contribution in [-0.4, -0.2) is 23.1 Å². The summed E-state index contributed by atoms with van der Waals surface area (Å²) in [6, 6.07) is 10.0. The van der Waals surface area contributed by atoms with E-state index in [1.165, 1.54) is 17.3 Å². The van der Waals surface area contributed by atoms with E-state index in [1.54, 1.807) is 6.07 Å². The molecule has 1 aromatic heterocycles. The Morgan fingerprint density at radius 2 is 2.08 bits per heavy atom. The quantitative estimate of drug-likeness (QED) is 0.652. The van der Waals surface area contributed by atoms with Gasteiger partial charge in [-0.05, 0) is 37.8 Å². The molecule has 0 radical (unpaired) electrons. The molecule has 3 rings (SSSR count). The number of anilines is 1. The maximum atomic E-state index is 10.8. The molecule has 1 N–H and O–H groups in total. The molecule has 0 spiro atoms. The average molecular weight is 341 g/mol. The molecule has 2 atom stereocenters. The average Bonchev–Trinajstić information content (AvgIpc) is 2.61. The van der Waals surface area contributed by atoms with Gasteiger partial charge in [-0.15, -0.1) is 0 Å². The predicted octanol–water partition coefficient (Wildman–Crippen LogP) is 4.19. The van der Waals surface area contributed by atoms with Crippen molar-refractivity contribution in [1.82, 2.24) is 4.98 Å². The zero-order valence-electron chi connectivity index (χ0n) is 14.6. The Balaban J connectivity index is 1.70. The van der Waals surface area contributed by atoms with Crippen LogP contribution in [0.25, 0.3) is 0 Å². The number of benzene rings is 1. The number of rotatable bonds is 5. The van der Waals surface area contributed by atoms with Crippen LogP contribution in [-0.2, 0) is 4.74 Å². The molecule has 0 amide bonds. The van der Waals surface area contributed by atoms with E-state index in [0.717, 1.165) is 31.6 Å². The first kappa shape index (κ1) is 17.4. The number of ether oxygens (including phenoxy) is 1. The summed E-state index contributed by atoms with van der Waals surface area (Å²) in [5.74, 6) is 1.03. The van der Waals surface area contributed by atoms with Gasteiger partial charge >= 0.3 is 0 Å². The highest BCUT2D eigenvalue weighted by atomic mass is 16.6. The molecule has 2 unspecified atom stereocenters. The van der Waals surface area contributed by atoms with Crippen molar-refractivity contribution in [3.8, 4) is 0 Å². The lowest BCUT2D eigenvalue weighted by Crippen LogP contribution is -2.28. The van der Waals surface area contributed by atoms with E-state index < -0.39 is 4.92 Å². The fraction of sp³-hybridized carbons (Fsp3) is 0.421. The number of nitro groups is 1. The van der Waals surface area contributed by atoms with Gasteiger partial charge in [-0.25, -0.2) is 4.98 Å². The second kappa shape index (κ2) is 7.61. The van der Waals surface area contributed by atoms with Crippen LogP contribution in [0.2, 0.25) is 0 Å². The van der Waals surface area contributed by atoms with Crippen molar-refractivity contribution < 1.29 is 9.66 Å². The zero-order chi connectivity index (χ0) is 17.8. The maximum absolute atomic E-state index is 10.8. The third kappa shape index (κ3) is 4.14. The molecule has 2 heterocycles. The molecule has 2 aromatic rings. The third-order valence-corrected chi connectivity index (χ3v) is 4.66. The lowest BCUT2D eigenvalue weighted by molar-refractivity contribution is -0.385. The number of aromatic nitrogens is 1. The molecule has 1 aliphatic heterocycles. The van der Waals surface area contributed by atoms with Gasteiger partial charge in [-0.2, -0.15) is 0 Å². The van der Waals surface area contributed by atoms with Crippen molar-refractivity contribution in [2.24, 2.45) is 5.92 Å². The first-order valence-electron chi connectivity index (χ1n) is 8.57. The van der Waals surface area contributed by atoms with Gasteiger partial charge in [0.15, 0.2) is 0 Å². The summed E-state index contributed by atoms with van der Waals surface area (Å²) in [7, 11) is 0. The molecule has 1 aliphatic rings. The molecule has 132 valence electrons. The van der Waals surface area contributed by atoms with Crippen LogP contribution in [0.15, 0.2) is 36.5 Å². The first-order chi connectivity index (χ1) is 12.0. The van der Waals surface area contributed by atoms with Crippen LogP contribution in [0.3, 0.4) is 0 Å². The fourth-order valence-electron chi connectivity index (χ4n) is 3.25. The van der Waals surface area contributed by atoms with Crippen molar-refractivity contribution in [3.63, 3.8) is 0 Å². The van der Waals surface area contributed by atoms with Crippen LogP contribution >= 0.6 is 0 Å². The zero-order valence-corrected chi connectivity index (χ0v) is 14.6. The van der Waals surface area contributed by atoms with Gasteiger partial charge in [0.1, 0.15) is 12.0 Å². The second-order valence-corrected chi connectivity index (χ2v) is 6.60. The monoisotopic (exact) mass is 341 g/mol. The molecule has 0 aliphatic carbocycles. The molecule has 0 bridgehead atoms. The van der Waals surface area contributed by atoms with E-state index in [0.29, 0.717) is 11.7 Å². The van der Waals surface area contributed by atoms with E-state index >= 15 is 0 Å². The summed E-state index contributed by atoms with van der Waals surface area (Å²) in [5, 5.41) is 14.2. The maximum Gasteiger partial charge on any atom is 0.287 e. The van der Waals surface area contributed by atoms with Crippen LogP contribution in [0.4, 0.5) is 11.5 Å². The number of hydrogen-bond acceptors (Lipinski definition) is 5. The van der Waals surface area contributed by atoms with E-state index in [1.807, 2.05) is 6.92 Å². The van der Waals surface area contributed by atoms with Crippen molar-refractivity contribution in [3.05, 3.63) is 63.3 Å². The van der Waals surface area contributed by atoms with Crippen molar-refractivity contribution in [2.75, 3.05) is 18.5 Å².